The molecule has 1 unspecified atom stereocenters. The van der Waals surface area contributed by atoms with Crippen molar-refractivity contribution in [3.8, 4) is 17.6 Å². The number of nitrogens with zero attached hydrogens (tertiary/aromatic N) is 3. The van der Waals surface area contributed by atoms with Gasteiger partial charge in [-0.15, -0.1) is 0 Å². The van der Waals surface area contributed by atoms with E-state index in [4.69, 9.17) is 15.0 Å². The number of nitrogens with one attached hydrogen (secondary N) is 1. The molecule has 176 valence electrons. The van der Waals surface area contributed by atoms with E-state index in [-0.39, 0.29) is 11.3 Å². The van der Waals surface area contributed by atoms with E-state index >= 15 is 0 Å². The molecule has 0 fully saturated rings. The van der Waals surface area contributed by atoms with Crippen molar-refractivity contribution >= 4 is 23.3 Å². The van der Waals surface area contributed by atoms with Crippen molar-refractivity contribution in [3.05, 3.63) is 100 Å². The topological polar surface area (TPSA) is 113 Å². The number of carbonyl (C=O) groups excluding carboxylic acids is 2. The monoisotopic (exact) mass is 468 g/mol. The van der Waals surface area contributed by atoms with Gasteiger partial charge >= 0.3 is 5.97 Å². The molecule has 35 heavy (non-hydrogen) atoms. The molecule has 0 aromatic heterocycles. The highest BCUT2D eigenvalue weighted by atomic mass is 16.5. The van der Waals surface area contributed by atoms with Gasteiger partial charge in [0.25, 0.3) is 5.91 Å². The van der Waals surface area contributed by atoms with Crippen molar-refractivity contribution < 1.29 is 19.1 Å². The first-order valence-electron chi connectivity index (χ1n) is 11.0. The molecule has 3 rings (SSSR count). The van der Waals surface area contributed by atoms with Gasteiger partial charge in [-0.1, -0.05) is 72.6 Å². The highest BCUT2D eigenvalue weighted by Gasteiger charge is 2.27. The number of benzene rings is 3. The molecule has 3 aromatic carbocycles. The first-order valence-corrected chi connectivity index (χ1v) is 11.0. The van der Waals surface area contributed by atoms with Gasteiger partial charge in [0.2, 0.25) is 6.10 Å². The van der Waals surface area contributed by atoms with E-state index in [9.17, 15) is 9.59 Å². The van der Waals surface area contributed by atoms with Crippen LogP contribution in [-0.2, 0) is 20.9 Å². The highest BCUT2D eigenvalue weighted by molar-refractivity contribution is 5.98. The molecule has 0 aliphatic rings. The Bertz CT molecular complexity index is 1260. The van der Waals surface area contributed by atoms with Crippen molar-refractivity contribution in [2.75, 3.05) is 5.32 Å². The van der Waals surface area contributed by atoms with Crippen LogP contribution in [0.1, 0.15) is 37.0 Å². The minimum atomic E-state index is -1.37. The molecule has 3 aromatic rings. The third-order valence-electron chi connectivity index (χ3n) is 4.77. The van der Waals surface area contributed by atoms with Crippen LogP contribution in [0.5, 0.6) is 5.75 Å². The van der Waals surface area contributed by atoms with E-state index in [0.717, 1.165) is 12.0 Å². The summed E-state index contributed by atoms with van der Waals surface area (Å²) in [5.74, 6) is 4.25. The molecule has 0 saturated heterocycles. The van der Waals surface area contributed by atoms with Gasteiger partial charge in [0.05, 0.1) is 0 Å². The van der Waals surface area contributed by atoms with Crippen LogP contribution in [0.15, 0.2) is 84.0 Å². The lowest BCUT2D eigenvalue weighted by molar-refractivity contribution is -0.148. The normalized spacial score (nSPS) is 10.7. The Morgan fingerprint density at radius 1 is 1.03 bits per heavy atom. The molecule has 1 atom stereocenters. The SMILES string of the molecule is CCCC#CC(=O)OC(C(=O)Nc1ccc(OCc2ccccc2)cc1)c1ccccc1N=[N+]=[N-]. The summed E-state index contributed by atoms with van der Waals surface area (Å²) in [6.07, 6.45) is -0.0521. The maximum atomic E-state index is 13.1. The molecule has 0 heterocycles. The number of esters is 1. The molecular formula is C27H24N4O4. The zero-order chi connectivity index (χ0) is 24.9. The Hall–Kier alpha value is -4.73. The Morgan fingerprint density at radius 2 is 1.74 bits per heavy atom. The number of hydrogen-bond acceptors (Lipinski definition) is 5. The third kappa shape index (κ3) is 7.67. The number of azide groups is 1. The second kappa shape index (κ2) is 13.1. The van der Waals surface area contributed by atoms with Crippen molar-refractivity contribution in [1.29, 1.82) is 0 Å². The van der Waals surface area contributed by atoms with Crippen LogP contribution in [-0.4, -0.2) is 11.9 Å². The Balaban J connectivity index is 1.75. The summed E-state index contributed by atoms with van der Waals surface area (Å²) in [5, 5.41) is 6.34. The summed E-state index contributed by atoms with van der Waals surface area (Å²) in [4.78, 5) is 28.2. The van der Waals surface area contributed by atoms with Gasteiger partial charge in [-0.2, -0.15) is 0 Å². The van der Waals surface area contributed by atoms with Crippen molar-refractivity contribution in [2.24, 2.45) is 5.11 Å². The Morgan fingerprint density at radius 3 is 2.46 bits per heavy atom. The van der Waals surface area contributed by atoms with Crippen molar-refractivity contribution in [2.45, 2.75) is 32.5 Å². The van der Waals surface area contributed by atoms with Crippen LogP contribution in [0.3, 0.4) is 0 Å². The standard InChI is InChI=1S/C27H24N4O4/c1-2-3-5-14-25(32)35-26(23-12-8-9-13-24(23)30-31-28)27(33)29-21-15-17-22(18-16-21)34-19-20-10-6-4-7-11-20/h4,6-13,15-18,26H,2-3,19H2,1H3,(H,29,33). The Kier molecular flexibility index (Phi) is 9.32. The number of rotatable bonds is 9. The fourth-order valence-corrected chi connectivity index (χ4v) is 3.09. The average molecular weight is 469 g/mol. The predicted molar refractivity (Wildman–Crippen MR) is 133 cm³/mol. The highest BCUT2D eigenvalue weighted by Crippen LogP contribution is 2.30. The van der Waals surface area contributed by atoms with Gasteiger partial charge in [0.15, 0.2) is 0 Å². The first-order chi connectivity index (χ1) is 17.1. The van der Waals surface area contributed by atoms with Crippen LogP contribution in [0.25, 0.3) is 10.4 Å². The molecular weight excluding hydrogens is 444 g/mol. The minimum absolute atomic E-state index is 0.175. The summed E-state index contributed by atoms with van der Waals surface area (Å²) in [7, 11) is 0. The van der Waals surface area contributed by atoms with E-state index in [1.54, 1.807) is 42.5 Å². The number of ether oxygens (including phenoxy) is 2. The summed E-state index contributed by atoms with van der Waals surface area (Å²) in [6.45, 7) is 2.35. The van der Waals surface area contributed by atoms with Crippen molar-refractivity contribution in [3.63, 3.8) is 0 Å². The smallest absolute Gasteiger partial charge is 0.385 e. The fourth-order valence-electron chi connectivity index (χ4n) is 3.09. The second-order valence-electron chi connectivity index (χ2n) is 7.37. The lowest BCUT2D eigenvalue weighted by Crippen LogP contribution is -2.25. The Labute approximate surface area is 203 Å². The molecule has 0 spiro atoms. The second-order valence-corrected chi connectivity index (χ2v) is 7.37. The lowest BCUT2D eigenvalue weighted by atomic mass is 10.1. The van der Waals surface area contributed by atoms with Crippen LogP contribution < -0.4 is 10.1 Å². The summed E-state index contributed by atoms with van der Waals surface area (Å²) in [6, 6.07) is 23.0. The number of hydrogen-bond donors (Lipinski definition) is 1. The van der Waals surface area contributed by atoms with Crippen LogP contribution in [0.4, 0.5) is 11.4 Å². The summed E-state index contributed by atoms with van der Waals surface area (Å²) >= 11 is 0. The summed E-state index contributed by atoms with van der Waals surface area (Å²) in [5.41, 5.74) is 10.8. The van der Waals surface area contributed by atoms with E-state index in [1.807, 2.05) is 37.3 Å². The van der Waals surface area contributed by atoms with Gasteiger partial charge in [0.1, 0.15) is 12.4 Å². The zero-order valence-electron chi connectivity index (χ0n) is 19.2. The quantitative estimate of drug-likeness (QED) is 0.100. The summed E-state index contributed by atoms with van der Waals surface area (Å²) < 4.78 is 11.1. The van der Waals surface area contributed by atoms with Gasteiger partial charge in [-0.05, 0) is 41.8 Å². The fraction of sp³-hybridized carbons (Fsp3) is 0.185. The number of anilines is 1. The van der Waals surface area contributed by atoms with Gasteiger partial charge in [0, 0.05) is 34.2 Å². The lowest BCUT2D eigenvalue weighted by Gasteiger charge is -2.18. The first kappa shape index (κ1) is 24.9. The largest absolute Gasteiger partial charge is 0.489 e. The van der Waals surface area contributed by atoms with E-state index in [1.165, 1.54) is 6.07 Å². The molecule has 0 bridgehead atoms. The average Bonchev–Trinajstić information content (AvgIpc) is 2.88. The molecule has 0 radical (unpaired) electrons. The van der Waals surface area contributed by atoms with E-state index in [0.29, 0.717) is 24.5 Å². The van der Waals surface area contributed by atoms with Gasteiger partial charge in [-0.3, -0.25) is 4.79 Å². The molecule has 8 nitrogen and oxygen atoms in total. The maximum Gasteiger partial charge on any atom is 0.385 e. The predicted octanol–water partition coefficient (Wildman–Crippen LogP) is 6.23. The number of amides is 1. The van der Waals surface area contributed by atoms with Gasteiger partial charge in [-0.25, -0.2) is 4.79 Å². The minimum Gasteiger partial charge on any atom is -0.489 e. The maximum absolute atomic E-state index is 13.1. The third-order valence-corrected chi connectivity index (χ3v) is 4.77. The van der Waals surface area contributed by atoms with E-state index < -0.39 is 18.0 Å². The van der Waals surface area contributed by atoms with Gasteiger partial charge < -0.3 is 14.8 Å². The molecule has 0 aliphatic heterocycles. The molecule has 0 saturated carbocycles. The molecule has 1 N–H and O–H groups in total. The van der Waals surface area contributed by atoms with E-state index in [2.05, 4.69) is 27.2 Å². The molecule has 0 aliphatic carbocycles. The van der Waals surface area contributed by atoms with Crippen molar-refractivity contribution in [1.82, 2.24) is 0 Å². The number of unbranched alkanes of at least 4 members (excludes halogenated alkanes) is 1. The molecule has 8 heteroatoms. The van der Waals surface area contributed by atoms with Crippen LogP contribution in [0, 0.1) is 11.8 Å². The van der Waals surface area contributed by atoms with Crippen LogP contribution >= 0.6 is 0 Å². The number of carbonyl (C=O) groups is 2. The zero-order valence-corrected chi connectivity index (χ0v) is 19.2. The molecule has 1 amide bonds. The van der Waals surface area contributed by atoms with Crippen LogP contribution in [0.2, 0.25) is 0 Å².